The molecule has 102 valence electrons. The number of carbonyl (C=O) groups is 3. The summed E-state index contributed by atoms with van der Waals surface area (Å²) >= 11 is 0. The maximum atomic E-state index is 11.3. The molecule has 0 atom stereocenters. The molecule has 0 fully saturated rings. The molecular formula is C13H15NO5. The Morgan fingerprint density at radius 3 is 2.32 bits per heavy atom. The Labute approximate surface area is 110 Å². The Balaban J connectivity index is 2.49. The van der Waals surface area contributed by atoms with Crippen LogP contribution in [0.4, 0.5) is 5.69 Å². The molecule has 1 aromatic carbocycles. The van der Waals surface area contributed by atoms with Gasteiger partial charge in [0.15, 0.2) is 6.61 Å². The Bertz CT molecular complexity index is 466. The van der Waals surface area contributed by atoms with E-state index in [2.05, 4.69) is 10.1 Å². The van der Waals surface area contributed by atoms with Gasteiger partial charge in [-0.1, -0.05) is 0 Å². The number of hydrogen-bond acceptors (Lipinski definition) is 5. The molecule has 0 aromatic heterocycles. The topological polar surface area (TPSA) is 81.7 Å². The average Bonchev–Trinajstić information content (AvgIpc) is 2.36. The molecule has 0 spiro atoms. The first-order valence-corrected chi connectivity index (χ1v) is 5.60. The van der Waals surface area contributed by atoms with Gasteiger partial charge in [-0.25, -0.2) is 4.79 Å². The number of anilines is 1. The second-order valence-corrected chi connectivity index (χ2v) is 3.82. The number of ketones is 1. The van der Waals surface area contributed by atoms with E-state index in [4.69, 9.17) is 4.74 Å². The summed E-state index contributed by atoms with van der Waals surface area (Å²) in [6.45, 7) is 1.18. The predicted octanol–water partition coefficient (Wildman–Crippen LogP) is 1.16. The monoisotopic (exact) mass is 265 g/mol. The van der Waals surface area contributed by atoms with Gasteiger partial charge in [0.2, 0.25) is 5.91 Å². The first-order chi connectivity index (χ1) is 9.01. The Kier molecular flexibility index (Phi) is 5.53. The fourth-order valence-corrected chi connectivity index (χ4v) is 1.27. The van der Waals surface area contributed by atoms with Crippen LogP contribution in [-0.4, -0.2) is 31.4 Å². The molecule has 0 unspecified atom stereocenters. The Morgan fingerprint density at radius 1 is 1.16 bits per heavy atom. The number of ether oxygens (including phenoxy) is 2. The lowest BCUT2D eigenvalue weighted by atomic mass is 10.2. The van der Waals surface area contributed by atoms with Crippen LogP contribution in [0.1, 0.15) is 13.3 Å². The number of methoxy groups -OCH3 is 1. The van der Waals surface area contributed by atoms with Crippen LogP contribution in [0.15, 0.2) is 24.3 Å². The number of nitrogens with one attached hydrogen (secondary N) is 1. The third-order valence-electron chi connectivity index (χ3n) is 2.13. The van der Waals surface area contributed by atoms with Gasteiger partial charge in [-0.3, -0.25) is 9.59 Å². The van der Waals surface area contributed by atoms with Crippen LogP contribution in [0.25, 0.3) is 0 Å². The van der Waals surface area contributed by atoms with E-state index in [1.165, 1.54) is 14.0 Å². The largest absolute Gasteiger partial charge is 0.482 e. The van der Waals surface area contributed by atoms with Crippen LogP contribution in [0.2, 0.25) is 0 Å². The summed E-state index contributed by atoms with van der Waals surface area (Å²) < 4.78 is 9.57. The molecule has 0 saturated carbocycles. The molecule has 1 N–H and O–H groups in total. The summed E-state index contributed by atoms with van der Waals surface area (Å²) in [4.78, 5) is 33.0. The van der Waals surface area contributed by atoms with E-state index >= 15 is 0 Å². The second kappa shape index (κ2) is 7.15. The first-order valence-electron chi connectivity index (χ1n) is 5.60. The molecule has 19 heavy (non-hydrogen) atoms. The molecular weight excluding hydrogens is 250 g/mol. The van der Waals surface area contributed by atoms with E-state index in [9.17, 15) is 14.4 Å². The molecule has 0 saturated heterocycles. The van der Waals surface area contributed by atoms with Crippen LogP contribution < -0.4 is 10.1 Å². The minimum Gasteiger partial charge on any atom is -0.482 e. The summed E-state index contributed by atoms with van der Waals surface area (Å²) in [6.07, 6.45) is -0.152. The molecule has 1 rings (SSSR count). The maximum Gasteiger partial charge on any atom is 0.343 e. The van der Waals surface area contributed by atoms with Crippen molar-refractivity contribution in [3.05, 3.63) is 24.3 Å². The van der Waals surface area contributed by atoms with Crippen molar-refractivity contribution in [3.8, 4) is 5.75 Å². The normalized spacial score (nSPS) is 9.58. The van der Waals surface area contributed by atoms with Gasteiger partial charge >= 0.3 is 5.97 Å². The van der Waals surface area contributed by atoms with Gasteiger partial charge in [-0.2, -0.15) is 0 Å². The highest BCUT2D eigenvalue weighted by Crippen LogP contribution is 2.15. The summed E-state index contributed by atoms with van der Waals surface area (Å²) in [5.41, 5.74) is 0.552. The number of carbonyl (C=O) groups excluding carboxylic acids is 3. The number of hydrogen-bond donors (Lipinski definition) is 1. The molecule has 0 radical (unpaired) electrons. The standard InChI is InChI=1S/C13H15NO5/c1-9(15)7-12(16)14-10-3-5-11(6-4-10)19-8-13(17)18-2/h3-6H,7-8H2,1-2H3,(H,14,16). The SMILES string of the molecule is COC(=O)COc1ccc(NC(=O)CC(C)=O)cc1. The van der Waals surface area contributed by atoms with E-state index < -0.39 is 5.97 Å². The zero-order valence-electron chi connectivity index (χ0n) is 10.8. The second-order valence-electron chi connectivity index (χ2n) is 3.82. The fraction of sp³-hybridized carbons (Fsp3) is 0.308. The third kappa shape index (κ3) is 5.67. The molecule has 0 aliphatic carbocycles. The van der Waals surface area contributed by atoms with E-state index in [1.54, 1.807) is 24.3 Å². The quantitative estimate of drug-likeness (QED) is 0.616. The van der Waals surface area contributed by atoms with Crippen molar-refractivity contribution < 1.29 is 23.9 Å². The maximum absolute atomic E-state index is 11.3. The zero-order valence-corrected chi connectivity index (χ0v) is 10.8. The number of esters is 1. The molecule has 0 aliphatic rings. The molecule has 6 nitrogen and oxygen atoms in total. The average molecular weight is 265 g/mol. The van der Waals surface area contributed by atoms with Crippen molar-refractivity contribution in [2.45, 2.75) is 13.3 Å². The van der Waals surface area contributed by atoms with Gasteiger partial charge < -0.3 is 14.8 Å². The van der Waals surface area contributed by atoms with Crippen molar-refractivity contribution in [1.82, 2.24) is 0 Å². The number of amides is 1. The molecule has 1 amide bonds. The Hall–Kier alpha value is -2.37. The smallest absolute Gasteiger partial charge is 0.343 e. The highest BCUT2D eigenvalue weighted by Gasteiger charge is 2.06. The van der Waals surface area contributed by atoms with Gasteiger partial charge in [0.05, 0.1) is 13.5 Å². The molecule has 0 aliphatic heterocycles. The fourth-order valence-electron chi connectivity index (χ4n) is 1.27. The van der Waals surface area contributed by atoms with E-state index in [-0.39, 0.29) is 24.7 Å². The molecule has 6 heteroatoms. The van der Waals surface area contributed by atoms with Crippen LogP contribution in [0.5, 0.6) is 5.75 Å². The summed E-state index contributed by atoms with van der Waals surface area (Å²) in [5.74, 6) is -0.555. The lowest BCUT2D eigenvalue weighted by molar-refractivity contribution is -0.143. The minimum atomic E-state index is -0.473. The van der Waals surface area contributed by atoms with Crippen molar-refractivity contribution in [2.75, 3.05) is 19.0 Å². The highest BCUT2D eigenvalue weighted by molar-refractivity contribution is 6.03. The van der Waals surface area contributed by atoms with Gasteiger partial charge in [0.1, 0.15) is 11.5 Å². The lowest BCUT2D eigenvalue weighted by Gasteiger charge is -2.07. The summed E-state index contributed by atoms with van der Waals surface area (Å²) in [7, 11) is 1.28. The molecule has 1 aromatic rings. The van der Waals surface area contributed by atoms with Gasteiger partial charge in [0.25, 0.3) is 0 Å². The van der Waals surface area contributed by atoms with Crippen LogP contribution in [0.3, 0.4) is 0 Å². The van der Waals surface area contributed by atoms with Gasteiger partial charge in [0, 0.05) is 5.69 Å². The number of benzene rings is 1. The van der Waals surface area contributed by atoms with Gasteiger partial charge in [-0.05, 0) is 31.2 Å². The van der Waals surface area contributed by atoms with Crippen LogP contribution in [0, 0.1) is 0 Å². The Morgan fingerprint density at radius 2 is 1.79 bits per heavy atom. The minimum absolute atomic E-state index is 0.152. The van der Waals surface area contributed by atoms with Crippen molar-refractivity contribution in [3.63, 3.8) is 0 Å². The van der Waals surface area contributed by atoms with Crippen molar-refractivity contribution in [2.24, 2.45) is 0 Å². The zero-order chi connectivity index (χ0) is 14.3. The van der Waals surface area contributed by atoms with Crippen LogP contribution >= 0.6 is 0 Å². The first kappa shape index (κ1) is 14.7. The van der Waals surface area contributed by atoms with E-state index in [0.29, 0.717) is 11.4 Å². The number of rotatable bonds is 6. The molecule has 0 bridgehead atoms. The predicted molar refractivity (Wildman–Crippen MR) is 67.9 cm³/mol. The lowest BCUT2D eigenvalue weighted by Crippen LogP contribution is -2.15. The van der Waals surface area contributed by atoms with Crippen molar-refractivity contribution in [1.29, 1.82) is 0 Å². The summed E-state index contributed by atoms with van der Waals surface area (Å²) in [5, 5.41) is 2.57. The van der Waals surface area contributed by atoms with E-state index in [0.717, 1.165) is 0 Å². The van der Waals surface area contributed by atoms with E-state index in [1.807, 2.05) is 0 Å². The van der Waals surface area contributed by atoms with Gasteiger partial charge in [-0.15, -0.1) is 0 Å². The number of Topliss-reactive ketones (excluding diaryl/α,β-unsaturated/α-hetero) is 1. The molecule has 0 heterocycles. The van der Waals surface area contributed by atoms with Crippen LogP contribution in [-0.2, 0) is 19.1 Å². The highest BCUT2D eigenvalue weighted by atomic mass is 16.6. The van der Waals surface area contributed by atoms with Crippen molar-refractivity contribution >= 4 is 23.3 Å². The third-order valence-corrected chi connectivity index (χ3v) is 2.13. The summed E-state index contributed by atoms with van der Waals surface area (Å²) in [6, 6.07) is 6.44.